The van der Waals surface area contributed by atoms with E-state index in [2.05, 4.69) is 29.9 Å². The maximum atomic E-state index is 12.2. The summed E-state index contributed by atoms with van der Waals surface area (Å²) in [6.45, 7) is 3.73. The second-order valence-electron chi connectivity index (χ2n) is 4.54. The van der Waals surface area contributed by atoms with E-state index in [0.29, 0.717) is 11.5 Å². The second kappa shape index (κ2) is 5.49. The molecule has 0 aliphatic heterocycles. The van der Waals surface area contributed by atoms with Crippen molar-refractivity contribution in [3.63, 3.8) is 0 Å². The van der Waals surface area contributed by atoms with Crippen LogP contribution < -0.4 is 5.32 Å². The van der Waals surface area contributed by atoms with Crippen LogP contribution in [0.3, 0.4) is 0 Å². The molecule has 1 atom stereocenters. The Morgan fingerprint density at radius 2 is 2.38 bits per heavy atom. The minimum atomic E-state index is -0.329. The molecule has 0 spiro atoms. The predicted octanol–water partition coefficient (Wildman–Crippen LogP) is 2.32. The van der Waals surface area contributed by atoms with Crippen LogP contribution in [-0.4, -0.2) is 26.0 Å². The van der Waals surface area contributed by atoms with Crippen molar-refractivity contribution in [1.29, 1.82) is 0 Å². The molecule has 3 aromatic heterocycles. The van der Waals surface area contributed by atoms with Crippen LogP contribution in [0.1, 0.15) is 34.3 Å². The van der Waals surface area contributed by atoms with Gasteiger partial charge in [-0.2, -0.15) is 4.98 Å². The van der Waals surface area contributed by atoms with Gasteiger partial charge >= 0.3 is 0 Å². The maximum absolute atomic E-state index is 12.2. The highest BCUT2D eigenvalue weighted by Gasteiger charge is 2.16. The van der Waals surface area contributed by atoms with Crippen LogP contribution in [0.5, 0.6) is 0 Å². The Hall–Kier alpha value is -2.48. The highest BCUT2D eigenvalue weighted by Crippen LogP contribution is 2.22. The van der Waals surface area contributed by atoms with Gasteiger partial charge in [-0.3, -0.25) is 4.79 Å². The SMILES string of the molecule is Cc1nc(-c2c[nH]c(C(=O)N[C@H](C)c3ncon3)c2)cs1. The first-order valence-electron chi connectivity index (χ1n) is 6.31. The zero-order valence-corrected chi connectivity index (χ0v) is 12.3. The average molecular weight is 303 g/mol. The number of carbonyl (C=O) groups is 1. The van der Waals surface area contributed by atoms with Gasteiger partial charge in [-0.25, -0.2) is 4.98 Å². The summed E-state index contributed by atoms with van der Waals surface area (Å²) in [5, 5.41) is 9.44. The van der Waals surface area contributed by atoms with E-state index in [1.54, 1.807) is 30.5 Å². The Morgan fingerprint density at radius 3 is 3.05 bits per heavy atom. The quantitative estimate of drug-likeness (QED) is 0.771. The highest BCUT2D eigenvalue weighted by molar-refractivity contribution is 7.09. The first kappa shape index (κ1) is 13.5. The third-order valence-corrected chi connectivity index (χ3v) is 3.73. The number of aryl methyl sites for hydroxylation is 1. The molecule has 1 amide bonds. The van der Waals surface area contributed by atoms with E-state index in [1.165, 1.54) is 6.39 Å². The van der Waals surface area contributed by atoms with E-state index in [4.69, 9.17) is 0 Å². The molecular formula is C13H13N5O2S. The summed E-state index contributed by atoms with van der Waals surface area (Å²) in [7, 11) is 0. The number of rotatable bonds is 4. The lowest BCUT2D eigenvalue weighted by Gasteiger charge is -2.08. The lowest BCUT2D eigenvalue weighted by Crippen LogP contribution is -2.27. The smallest absolute Gasteiger partial charge is 0.268 e. The van der Waals surface area contributed by atoms with Gasteiger partial charge in [-0.05, 0) is 19.9 Å². The number of aromatic amines is 1. The zero-order valence-electron chi connectivity index (χ0n) is 11.5. The Kier molecular flexibility index (Phi) is 3.53. The summed E-state index contributed by atoms with van der Waals surface area (Å²) in [5.41, 5.74) is 2.21. The third-order valence-electron chi connectivity index (χ3n) is 2.96. The van der Waals surface area contributed by atoms with Crippen LogP contribution in [0.25, 0.3) is 11.3 Å². The molecular weight excluding hydrogens is 290 g/mol. The fourth-order valence-electron chi connectivity index (χ4n) is 1.88. The average Bonchev–Trinajstić information content (AvgIpc) is 3.19. The summed E-state index contributed by atoms with van der Waals surface area (Å²) in [6.07, 6.45) is 3.00. The first-order valence-corrected chi connectivity index (χ1v) is 7.19. The molecule has 108 valence electrons. The monoisotopic (exact) mass is 303 g/mol. The van der Waals surface area contributed by atoms with Gasteiger partial charge in [0.2, 0.25) is 6.39 Å². The normalized spacial score (nSPS) is 12.3. The van der Waals surface area contributed by atoms with Crippen molar-refractivity contribution >= 4 is 17.2 Å². The first-order chi connectivity index (χ1) is 10.1. The van der Waals surface area contributed by atoms with E-state index in [0.717, 1.165) is 16.3 Å². The largest absolute Gasteiger partial charge is 0.357 e. The minimum absolute atomic E-state index is 0.231. The van der Waals surface area contributed by atoms with Crippen molar-refractivity contribution in [2.75, 3.05) is 0 Å². The number of amides is 1. The van der Waals surface area contributed by atoms with E-state index < -0.39 is 0 Å². The molecule has 21 heavy (non-hydrogen) atoms. The molecule has 0 aliphatic carbocycles. The van der Waals surface area contributed by atoms with Gasteiger partial charge in [-0.1, -0.05) is 5.16 Å². The van der Waals surface area contributed by atoms with Crippen molar-refractivity contribution in [2.45, 2.75) is 19.9 Å². The molecule has 0 radical (unpaired) electrons. The topological polar surface area (TPSA) is 96.7 Å². The number of hydrogen-bond acceptors (Lipinski definition) is 6. The van der Waals surface area contributed by atoms with Crippen LogP contribution in [0.2, 0.25) is 0 Å². The van der Waals surface area contributed by atoms with Gasteiger partial charge in [0, 0.05) is 17.1 Å². The Labute approximate surface area is 124 Å². The Balaban J connectivity index is 1.72. The number of nitrogens with zero attached hydrogens (tertiary/aromatic N) is 3. The van der Waals surface area contributed by atoms with E-state index in [1.807, 2.05) is 12.3 Å². The molecule has 3 heterocycles. The maximum Gasteiger partial charge on any atom is 0.268 e. The standard InChI is InChI=1S/C13H13N5O2S/c1-7(12-15-6-20-18-12)16-13(19)10-3-9(4-14-10)11-5-21-8(2)17-11/h3-7,14H,1-2H3,(H,16,19)/t7-/m1/s1. The lowest BCUT2D eigenvalue weighted by molar-refractivity contribution is 0.0933. The van der Waals surface area contributed by atoms with Gasteiger partial charge in [0.25, 0.3) is 5.91 Å². The molecule has 0 unspecified atom stereocenters. The summed E-state index contributed by atoms with van der Waals surface area (Å²) < 4.78 is 4.66. The van der Waals surface area contributed by atoms with Gasteiger partial charge in [0.1, 0.15) is 5.69 Å². The molecule has 0 fully saturated rings. The number of carbonyl (C=O) groups excluding carboxylic acids is 1. The molecule has 8 heteroatoms. The molecule has 0 bridgehead atoms. The van der Waals surface area contributed by atoms with E-state index in [-0.39, 0.29) is 11.9 Å². The number of H-pyrrole nitrogens is 1. The van der Waals surface area contributed by atoms with Crippen LogP contribution in [0.15, 0.2) is 28.6 Å². The number of hydrogen-bond donors (Lipinski definition) is 2. The van der Waals surface area contributed by atoms with Crippen molar-refractivity contribution in [2.24, 2.45) is 0 Å². The molecule has 2 N–H and O–H groups in total. The predicted molar refractivity (Wildman–Crippen MR) is 76.8 cm³/mol. The fraction of sp³-hybridized carbons (Fsp3) is 0.231. The zero-order chi connectivity index (χ0) is 14.8. The van der Waals surface area contributed by atoms with Gasteiger partial charge < -0.3 is 14.8 Å². The highest BCUT2D eigenvalue weighted by atomic mass is 32.1. The molecule has 0 saturated heterocycles. The Morgan fingerprint density at radius 1 is 1.52 bits per heavy atom. The van der Waals surface area contributed by atoms with E-state index >= 15 is 0 Å². The van der Waals surface area contributed by atoms with Crippen LogP contribution in [-0.2, 0) is 0 Å². The summed E-state index contributed by atoms with van der Waals surface area (Å²) in [4.78, 5) is 23.4. The van der Waals surface area contributed by atoms with Crippen molar-refractivity contribution in [3.05, 3.63) is 40.6 Å². The number of aromatic nitrogens is 4. The summed E-state index contributed by atoms with van der Waals surface area (Å²) >= 11 is 1.57. The van der Waals surface area contributed by atoms with Crippen LogP contribution in [0.4, 0.5) is 0 Å². The van der Waals surface area contributed by atoms with Crippen LogP contribution >= 0.6 is 11.3 Å². The van der Waals surface area contributed by atoms with E-state index in [9.17, 15) is 4.79 Å². The molecule has 3 rings (SSSR count). The van der Waals surface area contributed by atoms with Gasteiger partial charge in [0.05, 0.1) is 16.7 Å². The lowest BCUT2D eigenvalue weighted by atomic mass is 10.2. The summed E-state index contributed by atoms with van der Waals surface area (Å²) in [6, 6.07) is 1.44. The van der Waals surface area contributed by atoms with Crippen molar-refractivity contribution in [1.82, 2.24) is 25.4 Å². The molecule has 0 aliphatic rings. The van der Waals surface area contributed by atoms with Crippen molar-refractivity contribution in [3.8, 4) is 11.3 Å². The summed E-state index contributed by atoms with van der Waals surface area (Å²) in [5.74, 6) is 0.204. The third kappa shape index (κ3) is 2.84. The Bertz CT molecular complexity index is 746. The molecule has 3 aromatic rings. The van der Waals surface area contributed by atoms with Crippen LogP contribution in [0, 0.1) is 6.92 Å². The second-order valence-corrected chi connectivity index (χ2v) is 5.60. The molecule has 0 saturated carbocycles. The minimum Gasteiger partial charge on any atom is -0.357 e. The van der Waals surface area contributed by atoms with Gasteiger partial charge in [0.15, 0.2) is 5.82 Å². The van der Waals surface area contributed by atoms with Gasteiger partial charge in [-0.15, -0.1) is 11.3 Å². The number of thiazole rings is 1. The fourth-order valence-corrected chi connectivity index (χ4v) is 2.50. The molecule has 7 nitrogen and oxygen atoms in total. The van der Waals surface area contributed by atoms with Crippen molar-refractivity contribution < 1.29 is 9.32 Å². The molecule has 0 aromatic carbocycles. The number of nitrogens with one attached hydrogen (secondary N) is 2.